The van der Waals surface area contributed by atoms with Crippen molar-refractivity contribution in [3.8, 4) is 0 Å². The number of nitrogens with zero attached hydrogens (tertiary/aromatic N) is 3. The zero-order valence-corrected chi connectivity index (χ0v) is 8.85. The third-order valence-electron chi connectivity index (χ3n) is 1.67. The van der Waals surface area contributed by atoms with Gasteiger partial charge in [0.2, 0.25) is 0 Å². The van der Waals surface area contributed by atoms with Gasteiger partial charge in [0, 0.05) is 4.91 Å². The summed E-state index contributed by atoms with van der Waals surface area (Å²) < 4.78 is 4.37. The highest BCUT2D eigenvalue weighted by Crippen LogP contribution is 2.25. The van der Waals surface area contributed by atoms with Crippen molar-refractivity contribution in [3.05, 3.63) is 39.8 Å². The van der Waals surface area contributed by atoms with Gasteiger partial charge in [-0.05, 0) is 24.1 Å². The molecule has 0 N–H and O–H groups in total. The average Bonchev–Trinajstić information content (AvgIpc) is 2.20. The van der Waals surface area contributed by atoms with Gasteiger partial charge in [0.05, 0.1) is 11.3 Å². The first-order valence-electron chi connectivity index (χ1n) is 3.68. The Hall–Kier alpha value is -1.52. The van der Waals surface area contributed by atoms with Crippen LogP contribution in [0.15, 0.2) is 23.3 Å². The summed E-state index contributed by atoms with van der Waals surface area (Å²) in [6.45, 7) is 1.75. The molecule has 1 rings (SSSR count). The number of azide groups is 1. The molecule has 0 aromatic heterocycles. The lowest BCUT2D eigenvalue weighted by molar-refractivity contribution is 0.0782. The van der Waals surface area contributed by atoms with Crippen molar-refractivity contribution in [3.63, 3.8) is 0 Å². The maximum absolute atomic E-state index is 11.2. The van der Waals surface area contributed by atoms with Gasteiger partial charge < -0.3 is 3.83 Å². The summed E-state index contributed by atoms with van der Waals surface area (Å²) in [5, 5.41) is 3.43. The normalized spacial score (nSPS) is 9.00. The van der Waals surface area contributed by atoms with Gasteiger partial charge in [-0.1, -0.05) is 17.2 Å². The molecule has 0 spiro atoms. The van der Waals surface area contributed by atoms with Crippen LogP contribution in [0.5, 0.6) is 0 Å². The second kappa shape index (κ2) is 4.64. The molecule has 0 unspecified atom stereocenters. The van der Waals surface area contributed by atoms with E-state index in [-0.39, 0.29) is 5.56 Å². The van der Waals surface area contributed by atoms with Crippen molar-refractivity contribution >= 4 is 27.9 Å². The first-order chi connectivity index (χ1) is 6.70. The molecule has 5 nitrogen and oxygen atoms in total. The molecule has 0 saturated carbocycles. The minimum Gasteiger partial charge on any atom is -0.380 e. The molecule has 1 aromatic carbocycles. The molecule has 0 aliphatic rings. The van der Waals surface area contributed by atoms with Crippen LogP contribution in [0.1, 0.15) is 15.9 Å². The Morgan fingerprint density at radius 2 is 2.36 bits per heavy atom. The average molecular weight is 256 g/mol. The Morgan fingerprint density at radius 1 is 1.64 bits per heavy atom. The van der Waals surface area contributed by atoms with E-state index in [1.54, 1.807) is 19.1 Å². The van der Waals surface area contributed by atoms with E-state index in [9.17, 15) is 4.79 Å². The SMILES string of the molecule is Cc1cccc(C(=O)OBr)c1N=[N+]=[N-]. The molecule has 0 fully saturated rings. The molecular weight excluding hydrogens is 250 g/mol. The number of hydrogen-bond donors (Lipinski definition) is 0. The summed E-state index contributed by atoms with van der Waals surface area (Å²) in [6, 6.07) is 4.96. The lowest BCUT2D eigenvalue weighted by Crippen LogP contribution is -1.98. The fourth-order valence-electron chi connectivity index (χ4n) is 1.04. The fourth-order valence-corrected chi connectivity index (χ4v) is 1.22. The van der Waals surface area contributed by atoms with Crippen molar-refractivity contribution in [2.24, 2.45) is 5.11 Å². The van der Waals surface area contributed by atoms with Crippen molar-refractivity contribution in [2.75, 3.05) is 0 Å². The highest BCUT2D eigenvalue weighted by molar-refractivity contribution is 9.06. The lowest BCUT2D eigenvalue weighted by atomic mass is 10.1. The summed E-state index contributed by atoms with van der Waals surface area (Å²) in [4.78, 5) is 13.9. The monoisotopic (exact) mass is 255 g/mol. The molecule has 0 heterocycles. The van der Waals surface area contributed by atoms with E-state index in [2.05, 4.69) is 30.1 Å². The number of rotatable bonds is 2. The topological polar surface area (TPSA) is 75.1 Å². The van der Waals surface area contributed by atoms with E-state index in [1.165, 1.54) is 6.07 Å². The molecule has 14 heavy (non-hydrogen) atoms. The Bertz CT molecular complexity index is 413. The number of carbonyl (C=O) groups is 1. The second-order valence-electron chi connectivity index (χ2n) is 2.53. The van der Waals surface area contributed by atoms with Gasteiger partial charge in [-0.25, -0.2) is 4.79 Å². The number of aryl methyl sites for hydroxylation is 1. The van der Waals surface area contributed by atoms with Gasteiger partial charge in [0.1, 0.15) is 0 Å². The first kappa shape index (κ1) is 10.6. The van der Waals surface area contributed by atoms with Crippen LogP contribution in [0.25, 0.3) is 10.4 Å². The van der Waals surface area contributed by atoms with E-state index >= 15 is 0 Å². The predicted octanol–water partition coefficient (Wildman–Crippen LogP) is 3.40. The van der Waals surface area contributed by atoms with Crippen LogP contribution >= 0.6 is 16.3 Å². The van der Waals surface area contributed by atoms with Gasteiger partial charge in [0.15, 0.2) is 16.3 Å². The quantitative estimate of drug-likeness (QED) is 0.462. The zero-order valence-electron chi connectivity index (χ0n) is 7.27. The van der Waals surface area contributed by atoms with Crippen molar-refractivity contribution < 1.29 is 8.62 Å². The largest absolute Gasteiger partial charge is 0.380 e. The lowest BCUT2D eigenvalue weighted by Gasteiger charge is -2.03. The van der Waals surface area contributed by atoms with Crippen LogP contribution in [0, 0.1) is 6.92 Å². The Morgan fingerprint density at radius 3 is 2.93 bits per heavy atom. The molecule has 0 aliphatic carbocycles. The molecule has 0 aliphatic heterocycles. The van der Waals surface area contributed by atoms with Gasteiger partial charge in [-0.3, -0.25) is 0 Å². The molecule has 0 atom stereocenters. The van der Waals surface area contributed by atoms with E-state index in [4.69, 9.17) is 5.53 Å². The number of halogens is 1. The second-order valence-corrected chi connectivity index (χ2v) is 2.85. The summed E-state index contributed by atoms with van der Waals surface area (Å²) in [7, 11) is 0. The van der Waals surface area contributed by atoms with E-state index in [1.807, 2.05) is 0 Å². The standard InChI is InChI=1S/C8H6BrN3O2/c1-5-3-2-4-6(8(13)14-9)7(5)11-12-10/h2-4H,1H3. The minimum absolute atomic E-state index is 0.236. The highest BCUT2D eigenvalue weighted by atomic mass is 79.9. The van der Waals surface area contributed by atoms with Crippen LogP contribution in [0.3, 0.4) is 0 Å². The molecule has 72 valence electrons. The third kappa shape index (κ3) is 2.04. The van der Waals surface area contributed by atoms with E-state index < -0.39 is 5.97 Å². The molecule has 0 amide bonds. The molecular formula is C8H6BrN3O2. The van der Waals surface area contributed by atoms with Gasteiger partial charge in [-0.15, -0.1) is 0 Å². The molecule has 0 radical (unpaired) electrons. The van der Waals surface area contributed by atoms with Crippen LogP contribution in [-0.4, -0.2) is 5.97 Å². The Labute approximate surface area is 88.8 Å². The summed E-state index contributed by atoms with van der Waals surface area (Å²) in [5.41, 5.74) is 9.57. The summed E-state index contributed by atoms with van der Waals surface area (Å²) in [6.07, 6.45) is 0. The number of benzene rings is 1. The van der Waals surface area contributed by atoms with Crippen LogP contribution < -0.4 is 0 Å². The maximum atomic E-state index is 11.2. The Kier molecular flexibility index (Phi) is 3.50. The number of carbonyl (C=O) groups excluding carboxylic acids is 1. The molecule has 6 heteroatoms. The van der Waals surface area contributed by atoms with E-state index in [0.29, 0.717) is 5.69 Å². The first-order valence-corrected chi connectivity index (χ1v) is 4.33. The van der Waals surface area contributed by atoms with Gasteiger partial charge >= 0.3 is 5.97 Å². The smallest absolute Gasteiger partial charge is 0.350 e. The van der Waals surface area contributed by atoms with Crippen LogP contribution in [-0.2, 0) is 3.83 Å². The van der Waals surface area contributed by atoms with Crippen LogP contribution in [0.2, 0.25) is 0 Å². The zero-order chi connectivity index (χ0) is 10.6. The Balaban J connectivity index is 3.34. The van der Waals surface area contributed by atoms with Gasteiger partial charge in [0.25, 0.3) is 0 Å². The summed E-state index contributed by atoms with van der Waals surface area (Å²) in [5.74, 6) is -0.587. The van der Waals surface area contributed by atoms with Gasteiger partial charge in [-0.2, -0.15) is 0 Å². The predicted molar refractivity (Wildman–Crippen MR) is 54.3 cm³/mol. The van der Waals surface area contributed by atoms with Crippen LogP contribution in [0.4, 0.5) is 5.69 Å². The summed E-state index contributed by atoms with van der Waals surface area (Å²) >= 11 is 2.58. The van der Waals surface area contributed by atoms with E-state index in [0.717, 1.165) is 5.56 Å². The molecule has 1 aromatic rings. The van der Waals surface area contributed by atoms with Crippen molar-refractivity contribution in [1.29, 1.82) is 0 Å². The number of hydrogen-bond acceptors (Lipinski definition) is 3. The fraction of sp³-hybridized carbons (Fsp3) is 0.125. The maximum Gasteiger partial charge on any atom is 0.350 e. The molecule has 0 saturated heterocycles. The highest BCUT2D eigenvalue weighted by Gasteiger charge is 2.12. The molecule has 0 bridgehead atoms. The van der Waals surface area contributed by atoms with Crippen molar-refractivity contribution in [2.45, 2.75) is 6.92 Å². The minimum atomic E-state index is -0.587. The third-order valence-corrected chi connectivity index (χ3v) is 1.97. The van der Waals surface area contributed by atoms with Crippen molar-refractivity contribution in [1.82, 2.24) is 0 Å².